The lowest BCUT2D eigenvalue weighted by atomic mass is 9.96. The Labute approximate surface area is 150 Å². The second kappa shape index (κ2) is 8.79. The zero-order chi connectivity index (χ0) is 17.5. The fraction of sp³-hybridized carbons (Fsp3) is 0.381. The van der Waals surface area contributed by atoms with Crippen LogP contribution in [-0.2, 0) is 9.53 Å². The third-order valence-corrected chi connectivity index (χ3v) is 4.97. The molecule has 2 aromatic rings. The van der Waals surface area contributed by atoms with Crippen molar-refractivity contribution in [3.05, 3.63) is 71.8 Å². The molecule has 1 fully saturated rings. The number of benzene rings is 2. The molecule has 4 nitrogen and oxygen atoms in total. The van der Waals surface area contributed by atoms with Crippen LogP contribution in [0.2, 0.25) is 0 Å². The molecule has 0 saturated carbocycles. The van der Waals surface area contributed by atoms with Crippen LogP contribution in [0.4, 0.5) is 0 Å². The molecule has 0 amide bonds. The normalized spacial score (nSPS) is 20.4. The van der Waals surface area contributed by atoms with E-state index in [0.717, 1.165) is 26.2 Å². The first kappa shape index (κ1) is 17.6. The van der Waals surface area contributed by atoms with E-state index >= 15 is 0 Å². The molecule has 25 heavy (non-hydrogen) atoms. The summed E-state index contributed by atoms with van der Waals surface area (Å²) in [6, 6.07) is 21.9. The van der Waals surface area contributed by atoms with Gasteiger partial charge in [-0.15, -0.1) is 0 Å². The summed E-state index contributed by atoms with van der Waals surface area (Å²) in [5.74, 6) is -0.0800. The maximum Gasteiger partial charge on any atom is 0.361 e. The van der Waals surface area contributed by atoms with E-state index < -0.39 is 0 Å². The van der Waals surface area contributed by atoms with E-state index in [1.54, 1.807) is 4.90 Å². The van der Waals surface area contributed by atoms with Crippen molar-refractivity contribution in [1.29, 1.82) is 0 Å². The molecular formula is C21H28N2O2+2. The molecular weight excluding hydrogens is 312 g/mol. The Hall–Kier alpha value is -2.17. The lowest BCUT2D eigenvalue weighted by Gasteiger charge is -2.34. The largest absolute Gasteiger partial charge is 0.462 e. The molecule has 2 N–H and O–H groups in total. The van der Waals surface area contributed by atoms with Crippen molar-refractivity contribution in [3.8, 4) is 0 Å². The Kier molecular flexibility index (Phi) is 6.20. The first-order valence-electron chi connectivity index (χ1n) is 9.21. The highest BCUT2D eigenvalue weighted by Gasteiger charge is 2.32. The minimum absolute atomic E-state index is 0.0800. The molecule has 0 radical (unpaired) electrons. The maximum absolute atomic E-state index is 11.7. The zero-order valence-corrected chi connectivity index (χ0v) is 14.9. The standard InChI is InChI=1S/C21H26N2O2/c1-2-25-20(24)17-22-13-15-23(16-14-22)21(18-9-5-3-6-10-18)19-11-7-4-8-12-19/h3-12,21H,2,13-17H2,1H3/p+2. The number of esters is 1. The van der Waals surface area contributed by atoms with Crippen LogP contribution in [-0.4, -0.2) is 45.3 Å². The zero-order valence-electron chi connectivity index (χ0n) is 14.9. The number of ether oxygens (including phenoxy) is 1. The van der Waals surface area contributed by atoms with Gasteiger partial charge < -0.3 is 14.5 Å². The first-order valence-corrected chi connectivity index (χ1v) is 9.21. The Morgan fingerprint density at radius 1 is 0.920 bits per heavy atom. The third kappa shape index (κ3) is 4.68. The summed E-state index contributed by atoms with van der Waals surface area (Å²) in [5, 5.41) is 0. The average molecular weight is 340 g/mol. The smallest absolute Gasteiger partial charge is 0.361 e. The van der Waals surface area contributed by atoms with Crippen molar-refractivity contribution in [2.24, 2.45) is 0 Å². The maximum atomic E-state index is 11.7. The van der Waals surface area contributed by atoms with Gasteiger partial charge in [0, 0.05) is 11.1 Å². The van der Waals surface area contributed by atoms with Crippen LogP contribution in [0.25, 0.3) is 0 Å². The van der Waals surface area contributed by atoms with Gasteiger partial charge in [0.2, 0.25) is 0 Å². The first-order chi connectivity index (χ1) is 12.3. The van der Waals surface area contributed by atoms with Crippen molar-refractivity contribution < 1.29 is 19.3 Å². The van der Waals surface area contributed by atoms with Crippen LogP contribution in [0, 0.1) is 0 Å². The minimum atomic E-state index is -0.0800. The fourth-order valence-corrected chi connectivity index (χ4v) is 3.76. The predicted molar refractivity (Wildman–Crippen MR) is 97.6 cm³/mol. The molecule has 132 valence electrons. The molecule has 0 spiro atoms. The lowest BCUT2D eigenvalue weighted by molar-refractivity contribution is -1.02. The van der Waals surface area contributed by atoms with E-state index in [0.29, 0.717) is 19.2 Å². The van der Waals surface area contributed by atoms with E-state index in [1.807, 2.05) is 6.92 Å². The Morgan fingerprint density at radius 3 is 1.92 bits per heavy atom. The van der Waals surface area contributed by atoms with Crippen LogP contribution in [0.5, 0.6) is 0 Å². The molecule has 0 aromatic heterocycles. The van der Waals surface area contributed by atoms with Gasteiger partial charge in [0.15, 0.2) is 6.54 Å². The SMILES string of the molecule is CCOC(=O)C[NH+]1CC[NH+](C(c2ccccc2)c2ccccc2)CC1. The summed E-state index contributed by atoms with van der Waals surface area (Å²) in [6.07, 6.45) is 0. The summed E-state index contributed by atoms with van der Waals surface area (Å²) in [4.78, 5) is 14.6. The van der Waals surface area contributed by atoms with Crippen LogP contribution < -0.4 is 9.80 Å². The predicted octanol–water partition coefficient (Wildman–Crippen LogP) is 0.123. The molecule has 3 rings (SSSR count). The quantitative estimate of drug-likeness (QED) is 0.733. The van der Waals surface area contributed by atoms with E-state index in [-0.39, 0.29) is 5.97 Å². The molecule has 1 heterocycles. The molecule has 1 aliphatic heterocycles. The lowest BCUT2D eigenvalue weighted by Crippen LogP contribution is -3.28. The summed E-state index contributed by atoms with van der Waals surface area (Å²) in [6.45, 7) is 6.94. The number of hydrogen-bond acceptors (Lipinski definition) is 2. The van der Waals surface area contributed by atoms with E-state index in [9.17, 15) is 4.79 Å². The molecule has 4 heteroatoms. The van der Waals surface area contributed by atoms with E-state index in [2.05, 4.69) is 60.7 Å². The Balaban J connectivity index is 1.70. The van der Waals surface area contributed by atoms with Crippen molar-refractivity contribution in [2.75, 3.05) is 39.3 Å². The van der Waals surface area contributed by atoms with Gasteiger partial charge in [0.05, 0.1) is 6.61 Å². The number of hydrogen-bond donors (Lipinski definition) is 2. The van der Waals surface area contributed by atoms with Crippen molar-refractivity contribution in [3.63, 3.8) is 0 Å². The third-order valence-electron chi connectivity index (χ3n) is 4.97. The highest BCUT2D eigenvalue weighted by molar-refractivity contribution is 5.70. The number of nitrogens with one attached hydrogen (secondary N) is 2. The molecule has 1 aliphatic rings. The molecule has 0 unspecified atom stereocenters. The van der Waals surface area contributed by atoms with Gasteiger partial charge in [-0.1, -0.05) is 60.7 Å². The van der Waals surface area contributed by atoms with Gasteiger partial charge in [-0.3, -0.25) is 0 Å². The van der Waals surface area contributed by atoms with Gasteiger partial charge in [-0.25, -0.2) is 4.79 Å². The van der Waals surface area contributed by atoms with Crippen LogP contribution >= 0.6 is 0 Å². The molecule has 1 saturated heterocycles. The van der Waals surface area contributed by atoms with Crippen LogP contribution in [0.3, 0.4) is 0 Å². The van der Waals surface area contributed by atoms with Gasteiger partial charge in [0.25, 0.3) is 0 Å². The average Bonchev–Trinajstić information content (AvgIpc) is 2.65. The second-order valence-electron chi connectivity index (χ2n) is 6.64. The van der Waals surface area contributed by atoms with Crippen LogP contribution in [0.1, 0.15) is 24.1 Å². The molecule has 0 bridgehead atoms. The number of carbonyl (C=O) groups excluding carboxylic acids is 1. The van der Waals surface area contributed by atoms with Gasteiger partial charge >= 0.3 is 5.97 Å². The minimum Gasteiger partial charge on any atom is -0.462 e. The molecule has 2 aromatic carbocycles. The van der Waals surface area contributed by atoms with E-state index in [1.165, 1.54) is 16.0 Å². The van der Waals surface area contributed by atoms with Crippen molar-refractivity contribution >= 4 is 5.97 Å². The highest BCUT2D eigenvalue weighted by atomic mass is 16.5. The second-order valence-corrected chi connectivity index (χ2v) is 6.64. The van der Waals surface area contributed by atoms with Crippen molar-refractivity contribution in [2.45, 2.75) is 13.0 Å². The number of carbonyl (C=O) groups is 1. The Bertz CT molecular complexity index is 613. The number of quaternary nitrogens is 2. The van der Waals surface area contributed by atoms with E-state index in [4.69, 9.17) is 4.74 Å². The molecule has 0 atom stereocenters. The summed E-state index contributed by atoms with van der Waals surface area (Å²) >= 11 is 0. The highest BCUT2D eigenvalue weighted by Crippen LogP contribution is 2.18. The number of rotatable bonds is 6. The van der Waals surface area contributed by atoms with Crippen molar-refractivity contribution in [1.82, 2.24) is 0 Å². The molecule has 0 aliphatic carbocycles. The summed E-state index contributed by atoms with van der Waals surface area (Å²) in [7, 11) is 0. The topological polar surface area (TPSA) is 35.2 Å². The fourth-order valence-electron chi connectivity index (χ4n) is 3.76. The number of piperazine rings is 1. The summed E-state index contributed by atoms with van der Waals surface area (Å²) < 4.78 is 5.09. The van der Waals surface area contributed by atoms with Gasteiger partial charge in [-0.2, -0.15) is 0 Å². The van der Waals surface area contributed by atoms with Crippen LogP contribution in [0.15, 0.2) is 60.7 Å². The summed E-state index contributed by atoms with van der Waals surface area (Å²) in [5.41, 5.74) is 2.72. The monoisotopic (exact) mass is 340 g/mol. The van der Waals surface area contributed by atoms with Gasteiger partial charge in [0.1, 0.15) is 32.2 Å². The van der Waals surface area contributed by atoms with Gasteiger partial charge in [-0.05, 0) is 6.92 Å². The Morgan fingerprint density at radius 2 is 1.44 bits per heavy atom.